The molecule has 0 heterocycles. The Bertz CT molecular complexity index is 691. The fourth-order valence-corrected chi connectivity index (χ4v) is 3.27. The Balaban J connectivity index is 2.09. The van der Waals surface area contributed by atoms with E-state index in [4.69, 9.17) is 0 Å². The van der Waals surface area contributed by atoms with E-state index in [0.29, 0.717) is 5.75 Å². The molecule has 2 aromatic rings. The molecule has 2 N–H and O–H groups in total. The molecule has 3 atom stereocenters. The van der Waals surface area contributed by atoms with Gasteiger partial charge in [0.05, 0.1) is 5.92 Å². The summed E-state index contributed by atoms with van der Waals surface area (Å²) in [4.78, 5) is 24.2. The van der Waals surface area contributed by atoms with Crippen LogP contribution in [0.25, 0.3) is 0 Å². The molecule has 1 amide bonds. The fourth-order valence-electron chi connectivity index (χ4n) is 2.79. The number of hydrogen-bond acceptors (Lipinski definition) is 3. The number of amides is 1. The number of hydrogen-bond donors (Lipinski definition) is 3. The summed E-state index contributed by atoms with van der Waals surface area (Å²) in [6.07, 6.45) is 0.251. The SMILES string of the molecule is C[C@@H](c1ccccc1)[C@@H](CS)C(=O)N[C@@H](Cc1ccccc1)C(=O)O. The molecule has 4 nitrogen and oxygen atoms in total. The molecule has 0 radical (unpaired) electrons. The largest absolute Gasteiger partial charge is 0.480 e. The number of rotatable bonds is 8. The van der Waals surface area contributed by atoms with Crippen LogP contribution in [0.1, 0.15) is 24.0 Å². The lowest BCUT2D eigenvalue weighted by molar-refractivity contribution is -0.142. The molecule has 0 spiro atoms. The van der Waals surface area contributed by atoms with E-state index in [1.54, 1.807) is 0 Å². The number of thiol groups is 1. The summed E-state index contributed by atoms with van der Waals surface area (Å²) in [6, 6.07) is 18.0. The standard InChI is InChI=1S/C20H23NO3S/c1-14(16-10-6-3-7-11-16)17(13-25)19(22)21-18(20(23)24)12-15-8-4-2-5-9-15/h2-11,14,17-18,25H,12-13H2,1H3,(H,21,22)(H,23,24)/t14-,17+,18-/m0/s1. The number of carboxylic acids is 1. The lowest BCUT2D eigenvalue weighted by Crippen LogP contribution is -2.46. The summed E-state index contributed by atoms with van der Waals surface area (Å²) in [6.45, 7) is 1.96. The van der Waals surface area contributed by atoms with Crippen LogP contribution in [-0.4, -0.2) is 28.8 Å². The minimum absolute atomic E-state index is 0.0510. The zero-order chi connectivity index (χ0) is 18.2. The summed E-state index contributed by atoms with van der Waals surface area (Å²) in [5.74, 6) is -1.43. The van der Waals surface area contributed by atoms with Crippen molar-refractivity contribution in [3.8, 4) is 0 Å². The highest BCUT2D eigenvalue weighted by Crippen LogP contribution is 2.25. The minimum Gasteiger partial charge on any atom is -0.480 e. The van der Waals surface area contributed by atoms with Crippen LogP contribution in [0.4, 0.5) is 0 Å². The van der Waals surface area contributed by atoms with E-state index in [-0.39, 0.29) is 18.2 Å². The van der Waals surface area contributed by atoms with Crippen LogP contribution in [-0.2, 0) is 16.0 Å². The first-order valence-corrected chi connectivity index (χ1v) is 8.89. The van der Waals surface area contributed by atoms with Gasteiger partial charge in [0.25, 0.3) is 0 Å². The summed E-state index contributed by atoms with van der Waals surface area (Å²) in [5, 5.41) is 12.1. The van der Waals surface area contributed by atoms with E-state index in [1.165, 1.54) is 0 Å². The van der Waals surface area contributed by atoms with Gasteiger partial charge in [0.15, 0.2) is 0 Å². The molecule has 132 valence electrons. The van der Waals surface area contributed by atoms with Crippen molar-refractivity contribution < 1.29 is 14.7 Å². The van der Waals surface area contributed by atoms with Crippen molar-refractivity contribution in [3.63, 3.8) is 0 Å². The second-order valence-electron chi connectivity index (χ2n) is 6.08. The molecule has 0 bridgehead atoms. The molecule has 0 unspecified atom stereocenters. The predicted molar refractivity (Wildman–Crippen MR) is 102 cm³/mol. The molecule has 5 heteroatoms. The van der Waals surface area contributed by atoms with Crippen molar-refractivity contribution in [1.82, 2.24) is 5.32 Å². The van der Waals surface area contributed by atoms with Crippen LogP contribution in [0.2, 0.25) is 0 Å². The van der Waals surface area contributed by atoms with Gasteiger partial charge < -0.3 is 10.4 Å². The number of carbonyl (C=O) groups excluding carboxylic acids is 1. The van der Waals surface area contributed by atoms with Crippen molar-refractivity contribution in [2.75, 3.05) is 5.75 Å². The van der Waals surface area contributed by atoms with E-state index in [9.17, 15) is 14.7 Å². The van der Waals surface area contributed by atoms with E-state index >= 15 is 0 Å². The van der Waals surface area contributed by atoms with Gasteiger partial charge in [0.2, 0.25) is 5.91 Å². The van der Waals surface area contributed by atoms with Gasteiger partial charge in [-0.1, -0.05) is 67.6 Å². The third kappa shape index (κ3) is 5.36. The minimum atomic E-state index is -1.04. The maximum atomic E-state index is 12.7. The third-order valence-corrected chi connectivity index (χ3v) is 4.75. The van der Waals surface area contributed by atoms with Crippen molar-refractivity contribution in [2.24, 2.45) is 5.92 Å². The first-order valence-electron chi connectivity index (χ1n) is 8.25. The number of nitrogens with one attached hydrogen (secondary N) is 1. The average Bonchev–Trinajstić information content (AvgIpc) is 2.63. The zero-order valence-electron chi connectivity index (χ0n) is 14.1. The van der Waals surface area contributed by atoms with Crippen molar-refractivity contribution in [3.05, 3.63) is 71.8 Å². The van der Waals surface area contributed by atoms with Gasteiger partial charge in [-0.25, -0.2) is 4.79 Å². The molecule has 0 fully saturated rings. The van der Waals surface area contributed by atoms with E-state index in [1.807, 2.05) is 67.6 Å². The Hall–Kier alpha value is -2.27. The van der Waals surface area contributed by atoms with Crippen molar-refractivity contribution >= 4 is 24.5 Å². The van der Waals surface area contributed by atoms with E-state index < -0.39 is 17.9 Å². The number of carboxylic acid groups (broad SMARTS) is 1. The van der Waals surface area contributed by atoms with Crippen molar-refractivity contribution in [1.29, 1.82) is 0 Å². The zero-order valence-corrected chi connectivity index (χ0v) is 15.0. The highest BCUT2D eigenvalue weighted by molar-refractivity contribution is 7.80. The number of aliphatic carboxylic acids is 1. The van der Waals surface area contributed by atoms with Gasteiger partial charge in [0.1, 0.15) is 6.04 Å². The molecule has 0 aliphatic carbocycles. The number of benzene rings is 2. The third-order valence-electron chi connectivity index (χ3n) is 4.36. The summed E-state index contributed by atoms with van der Waals surface area (Å²) >= 11 is 4.31. The van der Waals surface area contributed by atoms with Crippen LogP contribution in [0.15, 0.2) is 60.7 Å². The Kier molecular flexibility index (Phi) is 7.07. The van der Waals surface area contributed by atoms with Gasteiger partial charge in [-0.2, -0.15) is 12.6 Å². The Morgan fingerprint density at radius 1 is 1.04 bits per heavy atom. The lowest BCUT2D eigenvalue weighted by atomic mass is 9.88. The van der Waals surface area contributed by atoms with Crippen LogP contribution in [0.3, 0.4) is 0 Å². The van der Waals surface area contributed by atoms with E-state index in [2.05, 4.69) is 17.9 Å². The molecule has 25 heavy (non-hydrogen) atoms. The smallest absolute Gasteiger partial charge is 0.326 e. The molecular weight excluding hydrogens is 334 g/mol. The molecule has 0 aliphatic rings. The Labute approximate surface area is 153 Å². The van der Waals surface area contributed by atoms with Crippen LogP contribution in [0.5, 0.6) is 0 Å². The molecule has 0 aromatic heterocycles. The highest BCUT2D eigenvalue weighted by atomic mass is 32.1. The Morgan fingerprint density at radius 3 is 2.12 bits per heavy atom. The van der Waals surface area contributed by atoms with Crippen LogP contribution < -0.4 is 5.32 Å². The predicted octanol–water partition coefficient (Wildman–Crippen LogP) is 3.15. The monoisotopic (exact) mass is 357 g/mol. The van der Waals surface area contributed by atoms with Crippen LogP contribution in [0, 0.1) is 5.92 Å². The molecule has 2 rings (SSSR count). The van der Waals surface area contributed by atoms with E-state index in [0.717, 1.165) is 11.1 Å². The molecule has 2 aromatic carbocycles. The normalized spacial score (nSPS) is 14.3. The number of carbonyl (C=O) groups is 2. The fraction of sp³-hybridized carbons (Fsp3) is 0.300. The van der Waals surface area contributed by atoms with Gasteiger partial charge in [-0.15, -0.1) is 0 Å². The lowest BCUT2D eigenvalue weighted by Gasteiger charge is -2.24. The quantitative estimate of drug-likeness (QED) is 0.636. The second kappa shape index (κ2) is 9.28. The summed E-state index contributed by atoms with van der Waals surface area (Å²) in [5.41, 5.74) is 1.90. The van der Waals surface area contributed by atoms with Crippen molar-refractivity contribution in [2.45, 2.75) is 25.3 Å². The molecule has 0 saturated carbocycles. The summed E-state index contributed by atoms with van der Waals surface area (Å²) < 4.78 is 0. The average molecular weight is 357 g/mol. The first kappa shape index (κ1) is 19.1. The van der Waals surface area contributed by atoms with Crippen LogP contribution >= 0.6 is 12.6 Å². The topological polar surface area (TPSA) is 66.4 Å². The maximum Gasteiger partial charge on any atom is 0.326 e. The summed E-state index contributed by atoms with van der Waals surface area (Å²) in [7, 11) is 0. The van der Waals surface area contributed by atoms with Gasteiger partial charge >= 0.3 is 5.97 Å². The molecule has 0 aliphatic heterocycles. The van der Waals surface area contributed by atoms with Gasteiger partial charge in [-0.3, -0.25) is 4.79 Å². The second-order valence-corrected chi connectivity index (χ2v) is 6.44. The molecular formula is C20H23NO3S. The Morgan fingerprint density at radius 2 is 1.60 bits per heavy atom. The molecule has 0 saturated heterocycles. The van der Waals surface area contributed by atoms with Gasteiger partial charge in [-0.05, 0) is 17.0 Å². The first-order chi connectivity index (χ1) is 12.0. The maximum absolute atomic E-state index is 12.7. The van der Waals surface area contributed by atoms with Gasteiger partial charge in [0, 0.05) is 12.2 Å². The highest BCUT2D eigenvalue weighted by Gasteiger charge is 2.29.